The molecular formula is C57H60Zr. The van der Waals surface area contributed by atoms with Gasteiger partial charge in [0.2, 0.25) is 0 Å². The van der Waals surface area contributed by atoms with Crippen molar-refractivity contribution in [2.75, 3.05) is 0 Å². The van der Waals surface area contributed by atoms with Crippen LogP contribution in [0, 0.1) is 24.5 Å². The Bertz CT molecular complexity index is 2350. The Balaban J connectivity index is 0.000000221. The van der Waals surface area contributed by atoms with Crippen molar-refractivity contribution in [1.29, 1.82) is 0 Å². The maximum atomic E-state index is 4.06. The van der Waals surface area contributed by atoms with Gasteiger partial charge in [0.05, 0.1) is 0 Å². The van der Waals surface area contributed by atoms with Gasteiger partial charge < -0.3 is 0 Å². The van der Waals surface area contributed by atoms with Gasteiger partial charge in [-0.25, -0.2) is 12.2 Å². The zero-order chi connectivity index (χ0) is 41.2. The van der Waals surface area contributed by atoms with E-state index in [1.54, 1.807) is 27.4 Å². The van der Waals surface area contributed by atoms with Crippen LogP contribution in [0.5, 0.6) is 0 Å². The Morgan fingerprint density at radius 1 is 0.707 bits per heavy atom. The van der Waals surface area contributed by atoms with Crippen LogP contribution in [0.25, 0.3) is 11.6 Å². The Morgan fingerprint density at radius 2 is 1.24 bits per heavy atom. The van der Waals surface area contributed by atoms with E-state index in [1.165, 1.54) is 73.4 Å². The number of benzene rings is 5. The van der Waals surface area contributed by atoms with Crippen molar-refractivity contribution in [2.45, 2.75) is 97.8 Å². The average Bonchev–Trinajstić information content (AvgIpc) is 3.93. The zero-order valence-electron chi connectivity index (χ0n) is 35.8. The second-order valence-electron chi connectivity index (χ2n) is 17.3. The summed E-state index contributed by atoms with van der Waals surface area (Å²) in [6.45, 7) is 16.5. The summed E-state index contributed by atoms with van der Waals surface area (Å²) in [5.41, 5.74) is 12.2. The standard InChI is InChI=1S/C37H41.C15H14.C5H5.Zr/c1-8-9-20-37(7)25-28-22-27-21-26(2)33(35(3,4)29-16-12-10-13-17-29)23-31(27)32(28)24-34(37)36(5,6)30-18-14-11-15-19-30;1-3-8-14(9-4-1)12-7-13-15-10-5-2-6-11-15;1-2-4-5-3-1;/h10-19,21-24H,8-9,20H2,1-7H3;1-6,8-11H,12-13H2;1-3H,4H2;/q-1;;-1;+2. The Kier molecular flexibility index (Phi) is 14.5. The fourth-order valence-corrected chi connectivity index (χ4v) is 9.77. The second kappa shape index (κ2) is 19.5. The molecule has 0 N–H and O–H groups in total. The Morgan fingerprint density at radius 3 is 1.72 bits per heavy atom. The molecule has 0 amide bonds. The van der Waals surface area contributed by atoms with Crippen LogP contribution in [-0.2, 0) is 47.9 Å². The molecule has 0 spiro atoms. The molecule has 0 bridgehead atoms. The van der Waals surface area contributed by atoms with Crippen LogP contribution in [0.1, 0.15) is 101 Å². The van der Waals surface area contributed by atoms with Crippen molar-refractivity contribution in [2.24, 2.45) is 5.41 Å². The first-order valence-electron chi connectivity index (χ1n) is 21.1. The summed E-state index contributed by atoms with van der Waals surface area (Å²) in [6, 6.07) is 48.2. The molecule has 0 radical (unpaired) electrons. The predicted octanol–water partition coefficient (Wildman–Crippen LogP) is 12.6. The molecule has 5 aromatic carbocycles. The van der Waals surface area contributed by atoms with Crippen LogP contribution in [0.15, 0.2) is 169 Å². The normalized spacial score (nSPS) is 16.5. The SMILES string of the molecule is CCCCC1(C)[C-]=C2C=c3cc(C)c(C(C)(C)c4ccccc4)cc3=C2C=C1C(C)(C)c1ccccc1.[C-]1=CC=CC1.[Zr+2]=[C](Cc1ccccc1)Cc1ccccc1. The third-order valence-electron chi connectivity index (χ3n) is 12.0. The summed E-state index contributed by atoms with van der Waals surface area (Å²) in [6.07, 6.45) is 24.7. The number of rotatable bonds is 11. The average molecular weight is 836 g/mol. The van der Waals surface area contributed by atoms with Gasteiger partial charge >= 0.3 is 112 Å². The molecule has 1 heteroatoms. The molecule has 8 rings (SSSR count). The van der Waals surface area contributed by atoms with Gasteiger partial charge in [-0.1, -0.05) is 150 Å². The zero-order valence-corrected chi connectivity index (χ0v) is 38.3. The van der Waals surface area contributed by atoms with E-state index in [-0.39, 0.29) is 16.2 Å². The van der Waals surface area contributed by atoms with E-state index in [4.69, 9.17) is 0 Å². The van der Waals surface area contributed by atoms with E-state index in [0.717, 1.165) is 25.7 Å². The van der Waals surface area contributed by atoms with Crippen molar-refractivity contribution in [3.63, 3.8) is 0 Å². The summed E-state index contributed by atoms with van der Waals surface area (Å²) in [5.74, 6) is 0. The molecule has 0 nitrogen and oxygen atoms in total. The molecule has 0 heterocycles. The van der Waals surface area contributed by atoms with Gasteiger partial charge in [0, 0.05) is 10.8 Å². The number of unbranched alkanes of at least 4 members (excludes halogenated alkanes) is 1. The van der Waals surface area contributed by atoms with E-state index in [1.807, 2.05) is 12.2 Å². The fraction of sp³-hybridized carbons (Fsp3) is 0.281. The Hall–Kier alpha value is -4.45. The molecule has 3 aliphatic carbocycles. The minimum atomic E-state index is -0.0894. The number of allylic oxidation sites excluding steroid dienone is 8. The molecule has 1 unspecified atom stereocenters. The molecule has 5 aromatic rings. The summed E-state index contributed by atoms with van der Waals surface area (Å²) >= 11 is 1.55. The molecule has 0 fully saturated rings. The maximum absolute atomic E-state index is 4.06. The van der Waals surface area contributed by atoms with Gasteiger partial charge in [0.15, 0.2) is 0 Å². The van der Waals surface area contributed by atoms with Gasteiger partial charge in [-0.2, -0.15) is 23.8 Å². The quantitative estimate of drug-likeness (QED) is 0.116. The number of aryl methyl sites for hydroxylation is 1. The van der Waals surface area contributed by atoms with E-state index < -0.39 is 0 Å². The third-order valence-corrected chi connectivity index (χ3v) is 12.9. The molecule has 3 aliphatic rings. The second-order valence-corrected chi connectivity index (χ2v) is 19.0. The van der Waals surface area contributed by atoms with E-state index in [0.29, 0.717) is 0 Å². The van der Waals surface area contributed by atoms with E-state index >= 15 is 0 Å². The monoisotopic (exact) mass is 834 g/mol. The molecule has 0 saturated heterocycles. The number of hydrogen-bond donors (Lipinski definition) is 0. The van der Waals surface area contributed by atoms with Crippen molar-refractivity contribution in [3.8, 4) is 0 Å². The van der Waals surface area contributed by atoms with E-state index in [9.17, 15) is 0 Å². The molecule has 0 aromatic heterocycles. The summed E-state index contributed by atoms with van der Waals surface area (Å²) in [4.78, 5) is 0. The summed E-state index contributed by atoms with van der Waals surface area (Å²) < 4.78 is 1.60. The van der Waals surface area contributed by atoms with Gasteiger partial charge in [0.25, 0.3) is 0 Å². The van der Waals surface area contributed by atoms with Crippen LogP contribution in [-0.4, -0.2) is 3.21 Å². The minimum absolute atomic E-state index is 0.0721. The molecular weight excluding hydrogens is 776 g/mol. The molecule has 0 aliphatic heterocycles. The molecule has 292 valence electrons. The van der Waals surface area contributed by atoms with Gasteiger partial charge in [-0.15, -0.1) is 18.1 Å². The van der Waals surface area contributed by atoms with E-state index in [2.05, 4.69) is 212 Å². The van der Waals surface area contributed by atoms with Crippen molar-refractivity contribution >= 4 is 14.9 Å². The van der Waals surface area contributed by atoms with Crippen LogP contribution in [0.2, 0.25) is 0 Å². The van der Waals surface area contributed by atoms with Crippen LogP contribution >= 0.6 is 0 Å². The molecule has 1 atom stereocenters. The summed E-state index contributed by atoms with van der Waals surface area (Å²) in [5, 5.41) is 2.68. The third kappa shape index (κ3) is 10.4. The van der Waals surface area contributed by atoms with Gasteiger partial charge in [-0.05, 0) is 34.6 Å². The van der Waals surface area contributed by atoms with Crippen molar-refractivity contribution < 1.29 is 24.2 Å². The van der Waals surface area contributed by atoms with Crippen molar-refractivity contribution in [1.82, 2.24) is 0 Å². The molecule has 0 saturated carbocycles. The Labute approximate surface area is 364 Å². The first-order valence-corrected chi connectivity index (χ1v) is 22.4. The predicted molar refractivity (Wildman–Crippen MR) is 246 cm³/mol. The fourth-order valence-electron chi connectivity index (χ4n) is 8.77. The number of hydrogen-bond acceptors (Lipinski definition) is 0. The first kappa shape index (κ1) is 43.1. The van der Waals surface area contributed by atoms with Crippen LogP contribution in [0.4, 0.5) is 0 Å². The van der Waals surface area contributed by atoms with Crippen molar-refractivity contribution in [3.05, 3.63) is 225 Å². The van der Waals surface area contributed by atoms with Gasteiger partial charge in [0.1, 0.15) is 0 Å². The molecule has 58 heavy (non-hydrogen) atoms. The first-order chi connectivity index (χ1) is 27.9. The van der Waals surface area contributed by atoms with Crippen LogP contribution < -0.4 is 10.4 Å². The number of fused-ring (bicyclic) bond motifs is 2. The topological polar surface area (TPSA) is 0 Å². The van der Waals surface area contributed by atoms with Crippen LogP contribution in [0.3, 0.4) is 0 Å². The summed E-state index contributed by atoms with van der Waals surface area (Å²) in [7, 11) is 0. The van der Waals surface area contributed by atoms with Gasteiger partial charge in [-0.3, -0.25) is 6.08 Å².